The average Bonchev–Trinajstić information content (AvgIpc) is 3.21. The van der Waals surface area contributed by atoms with Crippen molar-refractivity contribution in [2.45, 2.75) is 98.6 Å². The molecule has 4 N–H and O–H groups in total. The largest absolute Gasteiger partial charge is 0.505 e. The lowest BCUT2D eigenvalue weighted by atomic mass is 9.76. The molecule has 2 unspecified atom stereocenters. The van der Waals surface area contributed by atoms with E-state index in [1.165, 1.54) is 0 Å². The van der Waals surface area contributed by atoms with Crippen molar-refractivity contribution in [1.29, 1.82) is 0 Å². The number of hydrogen-bond donors (Lipinski definition) is 4. The standard InChI is InChI=1S/C49H58N6O4/c1-9-15-41(56)53-43(33-16-12-18-35(25-33)55(10-2)11-3)38-23-31(6)37-24-32(28-52-46(37)47(38)58)27-49(7,8)40-26-39(48(59)45-36(40)19-14-21-51-45)44(34-17-13-20-50-29-34)54-42(57)22-30(4)5/h12-14,16-21,23-26,28-30,43-44,58-59H,9-11,15,22,27H2,1-8H3,(H,53,56)(H,54,57). The highest BCUT2D eigenvalue weighted by molar-refractivity contribution is 5.91. The number of anilines is 1. The van der Waals surface area contributed by atoms with Gasteiger partial charge >= 0.3 is 0 Å². The summed E-state index contributed by atoms with van der Waals surface area (Å²) < 4.78 is 0. The Kier molecular flexibility index (Phi) is 13.2. The molecule has 308 valence electrons. The topological polar surface area (TPSA) is 141 Å². The second kappa shape index (κ2) is 18.3. The van der Waals surface area contributed by atoms with Crippen LogP contribution in [0.1, 0.15) is 119 Å². The number of phenols is 2. The molecule has 0 fully saturated rings. The number of fused-ring (bicyclic) bond motifs is 2. The zero-order chi connectivity index (χ0) is 42.4. The van der Waals surface area contributed by atoms with Crippen molar-refractivity contribution in [2.75, 3.05) is 18.0 Å². The summed E-state index contributed by atoms with van der Waals surface area (Å²) in [4.78, 5) is 42.5. The molecule has 2 amide bonds. The van der Waals surface area contributed by atoms with E-state index < -0.39 is 17.5 Å². The lowest BCUT2D eigenvalue weighted by Gasteiger charge is -2.30. The smallest absolute Gasteiger partial charge is 0.221 e. The summed E-state index contributed by atoms with van der Waals surface area (Å²) in [5.41, 5.74) is 7.05. The maximum atomic E-state index is 13.3. The number of phenolic OH excluding ortho intramolecular Hbond substituents is 2. The molecule has 0 spiro atoms. The number of benzene rings is 3. The van der Waals surface area contributed by atoms with Crippen LogP contribution in [0, 0.1) is 12.8 Å². The second-order valence-corrected chi connectivity index (χ2v) is 16.6. The molecule has 0 saturated heterocycles. The van der Waals surface area contributed by atoms with E-state index in [2.05, 4.69) is 71.4 Å². The van der Waals surface area contributed by atoms with Gasteiger partial charge in [0, 0.05) is 78.3 Å². The van der Waals surface area contributed by atoms with Crippen LogP contribution in [0.3, 0.4) is 0 Å². The molecule has 0 aliphatic heterocycles. The van der Waals surface area contributed by atoms with Crippen molar-refractivity contribution in [3.8, 4) is 11.5 Å². The van der Waals surface area contributed by atoms with E-state index in [9.17, 15) is 19.8 Å². The van der Waals surface area contributed by atoms with Crippen LogP contribution in [0.4, 0.5) is 5.69 Å². The van der Waals surface area contributed by atoms with Crippen LogP contribution in [0.25, 0.3) is 21.8 Å². The molecule has 59 heavy (non-hydrogen) atoms. The molecular formula is C49H58N6O4. The second-order valence-electron chi connectivity index (χ2n) is 16.6. The van der Waals surface area contributed by atoms with Crippen LogP contribution in [-0.2, 0) is 21.4 Å². The van der Waals surface area contributed by atoms with Gasteiger partial charge in [-0.15, -0.1) is 0 Å². The molecule has 6 rings (SSSR count). The monoisotopic (exact) mass is 794 g/mol. The van der Waals surface area contributed by atoms with Gasteiger partial charge in [-0.1, -0.05) is 58.9 Å². The number of pyridine rings is 3. The van der Waals surface area contributed by atoms with Crippen LogP contribution >= 0.6 is 0 Å². The third-order valence-corrected chi connectivity index (χ3v) is 11.2. The van der Waals surface area contributed by atoms with Crippen molar-refractivity contribution >= 4 is 39.3 Å². The fourth-order valence-electron chi connectivity index (χ4n) is 8.23. The Hall–Kier alpha value is -6.03. The summed E-state index contributed by atoms with van der Waals surface area (Å²) in [6, 6.07) is 20.5. The first-order valence-electron chi connectivity index (χ1n) is 20.8. The number of carbonyl (C=O) groups excluding carboxylic acids is 2. The highest BCUT2D eigenvalue weighted by atomic mass is 16.3. The number of amides is 2. The number of aryl methyl sites for hydroxylation is 1. The summed E-state index contributed by atoms with van der Waals surface area (Å²) >= 11 is 0. The van der Waals surface area contributed by atoms with Crippen molar-refractivity contribution in [2.24, 2.45) is 5.92 Å². The Morgan fingerprint density at radius 3 is 2.10 bits per heavy atom. The minimum Gasteiger partial charge on any atom is -0.505 e. The normalized spacial score (nSPS) is 12.8. The first-order chi connectivity index (χ1) is 28.3. The van der Waals surface area contributed by atoms with Gasteiger partial charge in [0.25, 0.3) is 0 Å². The Balaban J connectivity index is 1.41. The van der Waals surface area contributed by atoms with Crippen LogP contribution in [0.15, 0.2) is 91.5 Å². The third kappa shape index (κ3) is 9.32. The Bertz CT molecular complexity index is 2440. The highest BCUT2D eigenvalue weighted by Gasteiger charge is 2.31. The molecule has 0 radical (unpaired) electrons. The molecule has 10 heteroatoms. The summed E-state index contributed by atoms with van der Waals surface area (Å²) in [5, 5.41) is 31.8. The van der Waals surface area contributed by atoms with E-state index >= 15 is 0 Å². The first-order valence-corrected chi connectivity index (χ1v) is 20.8. The van der Waals surface area contributed by atoms with Gasteiger partial charge in [0.1, 0.15) is 22.5 Å². The molecule has 3 aromatic heterocycles. The Morgan fingerprint density at radius 1 is 0.763 bits per heavy atom. The Labute approximate surface area is 348 Å². The van der Waals surface area contributed by atoms with Crippen LogP contribution in [0.5, 0.6) is 11.5 Å². The quantitative estimate of drug-likeness (QED) is 0.0760. The fourth-order valence-corrected chi connectivity index (χ4v) is 8.23. The van der Waals surface area contributed by atoms with Gasteiger partial charge in [0.2, 0.25) is 11.8 Å². The number of rotatable bonds is 16. The minimum absolute atomic E-state index is 0.0112. The molecule has 0 aliphatic carbocycles. The number of carbonyl (C=O) groups is 2. The highest BCUT2D eigenvalue weighted by Crippen LogP contribution is 2.43. The maximum Gasteiger partial charge on any atom is 0.221 e. The predicted molar refractivity (Wildman–Crippen MR) is 237 cm³/mol. The molecule has 3 aromatic carbocycles. The molecule has 3 heterocycles. The number of aromatic nitrogens is 3. The van der Waals surface area contributed by atoms with Crippen LogP contribution in [-0.4, -0.2) is 50.1 Å². The lowest BCUT2D eigenvalue weighted by molar-refractivity contribution is -0.122. The summed E-state index contributed by atoms with van der Waals surface area (Å²) in [6.45, 7) is 18.2. The maximum absolute atomic E-state index is 13.3. The van der Waals surface area contributed by atoms with E-state index in [0.717, 1.165) is 57.4 Å². The SMILES string of the molecule is CCCC(=O)NC(c1cccc(N(CC)CC)c1)c1cc(C)c2cc(CC(C)(C)c3cc(C(NC(=O)CC(C)C)c4cccnc4)c(O)c4ncccc34)cnc2c1O. The molecule has 0 bridgehead atoms. The van der Waals surface area contributed by atoms with E-state index in [1.54, 1.807) is 18.6 Å². The van der Waals surface area contributed by atoms with Gasteiger partial charge in [-0.25, -0.2) is 0 Å². The van der Waals surface area contributed by atoms with E-state index in [1.807, 2.05) is 82.4 Å². The predicted octanol–water partition coefficient (Wildman–Crippen LogP) is 9.52. The van der Waals surface area contributed by atoms with Gasteiger partial charge < -0.3 is 25.7 Å². The van der Waals surface area contributed by atoms with Gasteiger partial charge in [-0.2, -0.15) is 0 Å². The van der Waals surface area contributed by atoms with Crippen molar-refractivity contribution in [3.05, 3.63) is 130 Å². The average molecular weight is 795 g/mol. The molecule has 0 aliphatic rings. The number of nitrogens with one attached hydrogen (secondary N) is 2. The van der Waals surface area contributed by atoms with Crippen molar-refractivity contribution in [3.63, 3.8) is 0 Å². The van der Waals surface area contributed by atoms with Crippen molar-refractivity contribution < 1.29 is 19.8 Å². The van der Waals surface area contributed by atoms with Gasteiger partial charge in [0.05, 0.1) is 12.1 Å². The molecule has 10 nitrogen and oxygen atoms in total. The zero-order valence-electron chi connectivity index (χ0n) is 35.6. The summed E-state index contributed by atoms with van der Waals surface area (Å²) in [6.07, 6.45) is 8.86. The minimum atomic E-state index is -0.659. The number of nitrogens with zero attached hydrogens (tertiary/aromatic N) is 4. The molecule has 0 saturated carbocycles. The van der Waals surface area contributed by atoms with Crippen molar-refractivity contribution in [1.82, 2.24) is 25.6 Å². The van der Waals surface area contributed by atoms with Gasteiger partial charge in [-0.3, -0.25) is 24.5 Å². The summed E-state index contributed by atoms with van der Waals surface area (Å²) in [7, 11) is 0. The number of hydrogen-bond acceptors (Lipinski definition) is 8. The van der Waals surface area contributed by atoms with Crippen LogP contribution < -0.4 is 15.5 Å². The zero-order valence-corrected chi connectivity index (χ0v) is 35.6. The fraction of sp³-hybridized carbons (Fsp3) is 0.367. The number of aromatic hydroxyl groups is 2. The van der Waals surface area contributed by atoms with E-state index in [-0.39, 0.29) is 29.2 Å². The Morgan fingerprint density at radius 2 is 1.42 bits per heavy atom. The van der Waals surface area contributed by atoms with E-state index in [0.29, 0.717) is 47.8 Å². The first kappa shape index (κ1) is 42.6. The van der Waals surface area contributed by atoms with Gasteiger partial charge in [-0.05, 0) is 115 Å². The third-order valence-electron chi connectivity index (χ3n) is 11.2. The lowest BCUT2D eigenvalue weighted by Crippen LogP contribution is -2.31. The van der Waals surface area contributed by atoms with Crippen LogP contribution in [0.2, 0.25) is 0 Å². The molecule has 6 aromatic rings. The van der Waals surface area contributed by atoms with E-state index in [4.69, 9.17) is 4.98 Å². The molecular weight excluding hydrogens is 737 g/mol. The van der Waals surface area contributed by atoms with Gasteiger partial charge in [0.15, 0.2) is 0 Å². The molecule has 2 atom stereocenters. The summed E-state index contributed by atoms with van der Waals surface area (Å²) in [5.74, 6) is -0.00800.